The molecule has 1 amide bonds. The van der Waals surface area contributed by atoms with Crippen molar-refractivity contribution < 1.29 is 19.4 Å². The maximum atomic E-state index is 11.7. The molecular weight excluding hydrogens is 402 g/mol. The van der Waals surface area contributed by atoms with Gasteiger partial charge in [-0.1, -0.05) is 17.7 Å². The fourth-order valence-corrected chi connectivity index (χ4v) is 3.83. The molecule has 0 atom stereocenters. The highest BCUT2D eigenvalue weighted by Crippen LogP contribution is 2.40. The smallest absolute Gasteiger partial charge is 0.244 e. The molecule has 0 radical (unpaired) electrons. The van der Waals surface area contributed by atoms with E-state index in [1.807, 2.05) is 38.1 Å². The molecule has 0 aliphatic carbocycles. The van der Waals surface area contributed by atoms with Crippen LogP contribution in [0.15, 0.2) is 30.3 Å². The molecule has 2 aromatic rings. The van der Waals surface area contributed by atoms with Crippen molar-refractivity contribution in [3.8, 4) is 11.5 Å². The van der Waals surface area contributed by atoms with Crippen LogP contribution in [0.1, 0.15) is 41.7 Å². The van der Waals surface area contributed by atoms with Gasteiger partial charge in [0.1, 0.15) is 23.7 Å². The lowest BCUT2D eigenvalue weighted by Gasteiger charge is -2.19. The second-order valence-electron chi connectivity index (χ2n) is 8.13. The lowest BCUT2D eigenvalue weighted by atomic mass is 10.0. The Bertz CT molecular complexity index is 982. The van der Waals surface area contributed by atoms with E-state index in [1.54, 1.807) is 6.08 Å². The first-order chi connectivity index (χ1) is 14.2. The number of fused-ring (bicyclic) bond motifs is 1. The first-order valence-electron chi connectivity index (χ1n) is 10.0. The van der Waals surface area contributed by atoms with Crippen LogP contribution in [0, 0.1) is 13.8 Å². The number of amides is 1. The number of hydrogen-bond acceptors (Lipinski definition) is 4. The Morgan fingerprint density at radius 2 is 2.07 bits per heavy atom. The number of carbonyl (C=O) groups is 1. The maximum absolute atomic E-state index is 11.7. The Hall–Kier alpha value is -2.50. The van der Waals surface area contributed by atoms with Crippen LogP contribution in [0.4, 0.5) is 0 Å². The molecule has 1 aliphatic rings. The number of aliphatic hydroxyl groups is 1. The number of aliphatic hydroxyl groups excluding tert-OH is 1. The number of rotatable bonds is 7. The van der Waals surface area contributed by atoms with E-state index in [2.05, 4.69) is 19.2 Å². The number of ether oxygens (including phenoxy) is 2. The Morgan fingerprint density at radius 3 is 2.80 bits per heavy atom. The van der Waals surface area contributed by atoms with Crippen molar-refractivity contribution in [2.24, 2.45) is 0 Å². The van der Waals surface area contributed by atoms with Crippen LogP contribution in [0.2, 0.25) is 5.02 Å². The summed E-state index contributed by atoms with van der Waals surface area (Å²) in [6, 6.07) is 7.69. The second-order valence-corrected chi connectivity index (χ2v) is 8.57. The highest BCUT2D eigenvalue weighted by Gasteiger charge is 2.32. The zero-order valence-electron chi connectivity index (χ0n) is 17.8. The second kappa shape index (κ2) is 9.11. The molecule has 2 aromatic carbocycles. The number of carbonyl (C=O) groups excluding carboxylic acids is 1. The standard InChI is InChI=1S/C24H28ClNO4/c1-15-16(2)21(7-5-17(15)6-8-22(28)26-9-10-27)29-14-19-12-20(25)11-18-13-24(3,4)30-23(18)19/h5-8,11-12,27H,9-10,13-14H2,1-4H3,(H,26,28). The Labute approximate surface area is 182 Å². The molecule has 2 N–H and O–H groups in total. The molecule has 0 spiro atoms. The van der Waals surface area contributed by atoms with E-state index in [-0.39, 0.29) is 24.7 Å². The Balaban J connectivity index is 1.74. The van der Waals surface area contributed by atoms with Gasteiger partial charge in [0.05, 0.1) is 6.61 Å². The van der Waals surface area contributed by atoms with Gasteiger partial charge in [-0.3, -0.25) is 4.79 Å². The van der Waals surface area contributed by atoms with Gasteiger partial charge < -0.3 is 19.9 Å². The van der Waals surface area contributed by atoms with Gasteiger partial charge in [0.15, 0.2) is 0 Å². The molecule has 0 aromatic heterocycles. The number of halogens is 1. The van der Waals surface area contributed by atoms with Crippen LogP contribution in [0.3, 0.4) is 0 Å². The monoisotopic (exact) mass is 429 g/mol. The van der Waals surface area contributed by atoms with Crippen molar-refractivity contribution in [3.05, 3.63) is 63.2 Å². The lowest BCUT2D eigenvalue weighted by Crippen LogP contribution is -2.25. The van der Waals surface area contributed by atoms with Gasteiger partial charge in [0, 0.05) is 29.6 Å². The topological polar surface area (TPSA) is 67.8 Å². The summed E-state index contributed by atoms with van der Waals surface area (Å²) in [5.41, 5.74) is 4.78. The lowest BCUT2D eigenvalue weighted by molar-refractivity contribution is -0.116. The predicted octanol–water partition coefficient (Wildman–Crippen LogP) is 4.37. The van der Waals surface area contributed by atoms with Gasteiger partial charge in [0.2, 0.25) is 5.91 Å². The van der Waals surface area contributed by atoms with Crippen LogP contribution >= 0.6 is 11.6 Å². The fourth-order valence-electron chi connectivity index (χ4n) is 3.57. The van der Waals surface area contributed by atoms with Crippen molar-refractivity contribution >= 4 is 23.6 Å². The molecule has 0 saturated heterocycles. The van der Waals surface area contributed by atoms with E-state index in [0.717, 1.165) is 45.7 Å². The summed E-state index contributed by atoms with van der Waals surface area (Å²) < 4.78 is 12.2. The van der Waals surface area contributed by atoms with E-state index in [1.165, 1.54) is 6.08 Å². The van der Waals surface area contributed by atoms with Crippen LogP contribution < -0.4 is 14.8 Å². The van der Waals surface area contributed by atoms with E-state index in [9.17, 15) is 4.79 Å². The van der Waals surface area contributed by atoms with Crippen LogP contribution in [0.5, 0.6) is 11.5 Å². The van der Waals surface area contributed by atoms with Crippen molar-refractivity contribution in [1.82, 2.24) is 5.32 Å². The van der Waals surface area contributed by atoms with E-state index in [4.69, 9.17) is 26.2 Å². The summed E-state index contributed by atoms with van der Waals surface area (Å²) in [6.45, 7) is 8.64. The normalized spacial score (nSPS) is 14.5. The average molecular weight is 430 g/mol. The van der Waals surface area contributed by atoms with Crippen LogP contribution in [0.25, 0.3) is 6.08 Å². The van der Waals surface area contributed by atoms with Crippen LogP contribution in [-0.2, 0) is 17.8 Å². The highest BCUT2D eigenvalue weighted by molar-refractivity contribution is 6.30. The minimum absolute atomic E-state index is 0.0812. The highest BCUT2D eigenvalue weighted by atomic mass is 35.5. The first-order valence-corrected chi connectivity index (χ1v) is 10.4. The number of hydrogen-bond donors (Lipinski definition) is 2. The molecule has 160 valence electrons. The summed E-state index contributed by atoms with van der Waals surface area (Å²) in [5.74, 6) is 1.41. The molecular formula is C24H28ClNO4. The third kappa shape index (κ3) is 5.15. The van der Waals surface area contributed by atoms with Gasteiger partial charge in [0.25, 0.3) is 0 Å². The molecule has 0 fully saturated rings. The van der Waals surface area contributed by atoms with Crippen molar-refractivity contribution in [1.29, 1.82) is 0 Å². The summed E-state index contributed by atoms with van der Waals surface area (Å²) in [7, 11) is 0. The van der Waals surface area contributed by atoms with Crippen molar-refractivity contribution in [2.75, 3.05) is 13.2 Å². The largest absolute Gasteiger partial charge is 0.488 e. The fraction of sp³-hybridized carbons (Fsp3) is 0.375. The zero-order chi connectivity index (χ0) is 21.9. The summed E-state index contributed by atoms with van der Waals surface area (Å²) in [4.78, 5) is 11.7. The maximum Gasteiger partial charge on any atom is 0.244 e. The molecule has 3 rings (SSSR count). The Kier molecular flexibility index (Phi) is 6.74. The zero-order valence-corrected chi connectivity index (χ0v) is 18.6. The minimum atomic E-state index is -0.244. The van der Waals surface area contributed by atoms with Crippen molar-refractivity contribution in [2.45, 2.75) is 46.3 Å². The molecule has 6 heteroatoms. The number of nitrogens with one attached hydrogen (secondary N) is 1. The van der Waals surface area contributed by atoms with Gasteiger partial charge in [-0.15, -0.1) is 0 Å². The van der Waals surface area contributed by atoms with Gasteiger partial charge >= 0.3 is 0 Å². The summed E-state index contributed by atoms with van der Waals surface area (Å²) >= 11 is 6.31. The molecule has 0 unspecified atom stereocenters. The van der Waals surface area contributed by atoms with Crippen molar-refractivity contribution in [3.63, 3.8) is 0 Å². The number of benzene rings is 2. The Morgan fingerprint density at radius 1 is 1.30 bits per heavy atom. The first kappa shape index (κ1) is 22.2. The molecule has 1 heterocycles. The molecule has 30 heavy (non-hydrogen) atoms. The van der Waals surface area contributed by atoms with Gasteiger partial charge in [-0.25, -0.2) is 0 Å². The predicted molar refractivity (Wildman–Crippen MR) is 119 cm³/mol. The summed E-state index contributed by atoms with van der Waals surface area (Å²) in [6.07, 6.45) is 4.05. The SMILES string of the molecule is Cc1c(C=CC(=O)NCCO)ccc(OCc2cc(Cl)cc3c2OC(C)(C)C3)c1C. The van der Waals surface area contributed by atoms with Gasteiger partial charge in [-0.05, 0) is 74.2 Å². The molecule has 1 aliphatic heterocycles. The van der Waals surface area contributed by atoms with Crippen LogP contribution in [-0.4, -0.2) is 29.8 Å². The van der Waals surface area contributed by atoms with E-state index in [0.29, 0.717) is 11.6 Å². The summed E-state index contributed by atoms with van der Waals surface area (Å²) in [5, 5.41) is 12.0. The van der Waals surface area contributed by atoms with E-state index >= 15 is 0 Å². The van der Waals surface area contributed by atoms with E-state index < -0.39 is 0 Å². The molecule has 0 saturated carbocycles. The van der Waals surface area contributed by atoms with Gasteiger partial charge in [-0.2, -0.15) is 0 Å². The molecule has 5 nitrogen and oxygen atoms in total. The molecule has 0 bridgehead atoms. The minimum Gasteiger partial charge on any atom is -0.488 e. The average Bonchev–Trinajstić information content (AvgIpc) is 3.00. The third-order valence-corrected chi connectivity index (χ3v) is 5.41. The quantitative estimate of drug-likeness (QED) is 0.641. The third-order valence-electron chi connectivity index (χ3n) is 5.19.